The maximum absolute atomic E-state index is 10.9. The van der Waals surface area contributed by atoms with Gasteiger partial charge in [-0.05, 0) is 37.1 Å². The molecule has 0 heterocycles. The van der Waals surface area contributed by atoms with Crippen LogP contribution in [0.3, 0.4) is 0 Å². The maximum atomic E-state index is 10.9. The van der Waals surface area contributed by atoms with Gasteiger partial charge in [0.2, 0.25) is 0 Å². The van der Waals surface area contributed by atoms with Crippen molar-refractivity contribution in [2.24, 2.45) is 0 Å². The Kier molecular flexibility index (Phi) is 5.65. The Morgan fingerprint density at radius 3 is 2.56 bits per heavy atom. The van der Waals surface area contributed by atoms with Gasteiger partial charge in [-0.15, -0.1) is 0 Å². The molecule has 0 aliphatic carbocycles. The number of hydrogen-bond donors (Lipinski definition) is 2. The van der Waals surface area contributed by atoms with Crippen LogP contribution < -0.4 is 4.90 Å². The van der Waals surface area contributed by atoms with Gasteiger partial charge in [0, 0.05) is 18.8 Å². The molecule has 0 aliphatic heterocycles. The first-order chi connectivity index (χ1) is 8.60. The number of hydrogen-bond acceptors (Lipinski definition) is 3. The van der Waals surface area contributed by atoms with Crippen molar-refractivity contribution in [3.63, 3.8) is 0 Å². The number of benzene rings is 1. The van der Waals surface area contributed by atoms with Crippen LogP contribution in [0.15, 0.2) is 18.2 Å². The van der Waals surface area contributed by atoms with Crippen molar-refractivity contribution in [3.05, 3.63) is 29.3 Å². The van der Waals surface area contributed by atoms with Crippen molar-refractivity contribution >= 4 is 11.7 Å². The van der Waals surface area contributed by atoms with E-state index in [2.05, 4.69) is 11.8 Å². The monoisotopic (exact) mass is 251 g/mol. The second kappa shape index (κ2) is 7.01. The molecule has 0 unspecified atom stereocenters. The van der Waals surface area contributed by atoms with E-state index in [1.165, 1.54) is 0 Å². The number of unbranched alkanes of at least 4 members (excludes halogenated alkanes) is 1. The summed E-state index contributed by atoms with van der Waals surface area (Å²) in [4.78, 5) is 13.0. The number of aromatic carboxylic acids is 1. The van der Waals surface area contributed by atoms with Crippen LogP contribution in [0, 0.1) is 6.92 Å². The highest BCUT2D eigenvalue weighted by Gasteiger charge is 2.10. The summed E-state index contributed by atoms with van der Waals surface area (Å²) >= 11 is 0. The van der Waals surface area contributed by atoms with Crippen LogP contribution in [0.25, 0.3) is 0 Å². The summed E-state index contributed by atoms with van der Waals surface area (Å²) in [5.74, 6) is -0.902. The standard InChI is InChI=1S/C14H21NO3/c1-3-4-7-15(8-9-16)12-5-6-13(14(17)18)11(2)10-12/h5-6,10,16H,3-4,7-9H2,1-2H3,(H,17,18). The van der Waals surface area contributed by atoms with E-state index in [1.54, 1.807) is 13.0 Å². The Labute approximate surface area is 108 Å². The number of nitrogens with zero attached hydrogens (tertiary/aromatic N) is 1. The van der Waals surface area contributed by atoms with Crippen LogP contribution in [-0.4, -0.2) is 35.9 Å². The lowest BCUT2D eigenvalue weighted by atomic mass is 10.1. The molecule has 1 aromatic rings. The summed E-state index contributed by atoms with van der Waals surface area (Å²) in [6.07, 6.45) is 2.15. The van der Waals surface area contributed by atoms with Gasteiger partial charge >= 0.3 is 5.97 Å². The molecule has 2 N–H and O–H groups in total. The second-order valence-electron chi connectivity index (χ2n) is 4.37. The lowest BCUT2D eigenvalue weighted by Crippen LogP contribution is -2.27. The molecule has 4 nitrogen and oxygen atoms in total. The lowest BCUT2D eigenvalue weighted by Gasteiger charge is -2.24. The van der Waals surface area contributed by atoms with Crippen LogP contribution in [0.4, 0.5) is 5.69 Å². The van der Waals surface area contributed by atoms with E-state index in [0.29, 0.717) is 12.1 Å². The normalized spacial score (nSPS) is 10.4. The molecule has 0 aromatic heterocycles. The van der Waals surface area contributed by atoms with E-state index < -0.39 is 5.97 Å². The fourth-order valence-corrected chi connectivity index (χ4v) is 1.92. The molecule has 0 aliphatic rings. The number of anilines is 1. The van der Waals surface area contributed by atoms with Crippen molar-refractivity contribution in [1.82, 2.24) is 0 Å². The first kappa shape index (κ1) is 14.5. The first-order valence-electron chi connectivity index (χ1n) is 6.30. The summed E-state index contributed by atoms with van der Waals surface area (Å²) in [5.41, 5.74) is 2.05. The maximum Gasteiger partial charge on any atom is 0.335 e. The first-order valence-corrected chi connectivity index (χ1v) is 6.30. The van der Waals surface area contributed by atoms with Gasteiger partial charge in [-0.1, -0.05) is 13.3 Å². The van der Waals surface area contributed by atoms with Gasteiger partial charge in [0.05, 0.1) is 12.2 Å². The zero-order chi connectivity index (χ0) is 13.5. The SMILES string of the molecule is CCCCN(CCO)c1ccc(C(=O)O)c(C)c1. The highest BCUT2D eigenvalue weighted by atomic mass is 16.4. The minimum absolute atomic E-state index is 0.101. The van der Waals surface area contributed by atoms with Crippen LogP contribution in [0.5, 0.6) is 0 Å². The van der Waals surface area contributed by atoms with E-state index in [0.717, 1.165) is 30.6 Å². The van der Waals surface area contributed by atoms with Crippen LogP contribution in [0.1, 0.15) is 35.7 Å². The Morgan fingerprint density at radius 1 is 1.33 bits per heavy atom. The van der Waals surface area contributed by atoms with E-state index in [-0.39, 0.29) is 6.61 Å². The summed E-state index contributed by atoms with van der Waals surface area (Å²) in [7, 11) is 0. The lowest BCUT2D eigenvalue weighted by molar-refractivity contribution is 0.0696. The molecule has 1 aromatic carbocycles. The largest absolute Gasteiger partial charge is 0.478 e. The number of aryl methyl sites for hydroxylation is 1. The smallest absolute Gasteiger partial charge is 0.335 e. The minimum Gasteiger partial charge on any atom is -0.478 e. The number of aliphatic hydroxyl groups excluding tert-OH is 1. The van der Waals surface area contributed by atoms with E-state index in [9.17, 15) is 4.79 Å². The number of carbonyl (C=O) groups is 1. The molecule has 0 radical (unpaired) electrons. The summed E-state index contributed by atoms with van der Waals surface area (Å²) in [5, 5.41) is 18.1. The number of rotatable bonds is 7. The van der Waals surface area contributed by atoms with Gasteiger partial charge in [0.25, 0.3) is 0 Å². The van der Waals surface area contributed by atoms with Crippen molar-refractivity contribution < 1.29 is 15.0 Å². The fraction of sp³-hybridized carbons (Fsp3) is 0.500. The van der Waals surface area contributed by atoms with Gasteiger partial charge in [0.1, 0.15) is 0 Å². The molecule has 0 atom stereocenters. The molecule has 4 heteroatoms. The zero-order valence-corrected chi connectivity index (χ0v) is 11.0. The van der Waals surface area contributed by atoms with E-state index in [1.807, 2.05) is 12.1 Å². The Morgan fingerprint density at radius 2 is 2.06 bits per heavy atom. The highest BCUT2D eigenvalue weighted by molar-refractivity contribution is 5.89. The average Bonchev–Trinajstić information content (AvgIpc) is 2.33. The van der Waals surface area contributed by atoms with Crippen LogP contribution in [0.2, 0.25) is 0 Å². The molecular formula is C14H21NO3. The Bertz CT molecular complexity index is 404. The third-order valence-electron chi connectivity index (χ3n) is 2.96. The predicted octanol–water partition coefficient (Wildman–Crippen LogP) is 2.29. The van der Waals surface area contributed by atoms with Gasteiger partial charge in [-0.2, -0.15) is 0 Å². The molecule has 0 spiro atoms. The average molecular weight is 251 g/mol. The zero-order valence-electron chi connectivity index (χ0n) is 11.0. The molecule has 18 heavy (non-hydrogen) atoms. The number of carboxylic acid groups (broad SMARTS) is 1. The predicted molar refractivity (Wildman–Crippen MR) is 72.3 cm³/mol. The van der Waals surface area contributed by atoms with Crippen molar-refractivity contribution in [2.75, 3.05) is 24.6 Å². The topological polar surface area (TPSA) is 60.8 Å². The van der Waals surface area contributed by atoms with Crippen molar-refractivity contribution in [1.29, 1.82) is 0 Å². The molecule has 0 bridgehead atoms. The quantitative estimate of drug-likeness (QED) is 0.780. The number of aliphatic hydroxyl groups is 1. The van der Waals surface area contributed by atoms with Crippen LogP contribution in [-0.2, 0) is 0 Å². The van der Waals surface area contributed by atoms with Gasteiger partial charge in [0.15, 0.2) is 0 Å². The summed E-state index contributed by atoms with van der Waals surface area (Å²) in [6.45, 7) is 5.47. The van der Waals surface area contributed by atoms with Gasteiger partial charge in [-0.3, -0.25) is 0 Å². The molecule has 0 amide bonds. The van der Waals surface area contributed by atoms with E-state index in [4.69, 9.17) is 10.2 Å². The highest BCUT2D eigenvalue weighted by Crippen LogP contribution is 2.19. The number of carboxylic acids is 1. The second-order valence-corrected chi connectivity index (χ2v) is 4.37. The molecule has 0 saturated heterocycles. The molecular weight excluding hydrogens is 230 g/mol. The third kappa shape index (κ3) is 3.74. The van der Waals surface area contributed by atoms with E-state index >= 15 is 0 Å². The molecule has 100 valence electrons. The summed E-state index contributed by atoms with van der Waals surface area (Å²) < 4.78 is 0. The molecule has 0 saturated carbocycles. The van der Waals surface area contributed by atoms with Crippen molar-refractivity contribution in [3.8, 4) is 0 Å². The third-order valence-corrected chi connectivity index (χ3v) is 2.96. The van der Waals surface area contributed by atoms with Crippen molar-refractivity contribution in [2.45, 2.75) is 26.7 Å². The summed E-state index contributed by atoms with van der Waals surface area (Å²) in [6, 6.07) is 5.31. The molecule has 1 rings (SSSR count). The Hall–Kier alpha value is -1.55. The fourth-order valence-electron chi connectivity index (χ4n) is 1.92. The Balaban J connectivity index is 2.91. The van der Waals surface area contributed by atoms with Gasteiger partial charge in [-0.25, -0.2) is 4.79 Å². The minimum atomic E-state index is -0.902. The molecule has 0 fully saturated rings. The van der Waals surface area contributed by atoms with Gasteiger partial charge < -0.3 is 15.1 Å². The van der Waals surface area contributed by atoms with Crippen LogP contribution >= 0.6 is 0 Å².